The molecule has 1 aliphatic heterocycles. The van der Waals surface area contributed by atoms with E-state index in [-0.39, 0.29) is 5.91 Å². The molecule has 0 unspecified atom stereocenters. The van der Waals surface area contributed by atoms with Gasteiger partial charge in [0, 0.05) is 49.0 Å². The number of rotatable bonds is 3. The lowest BCUT2D eigenvalue weighted by Gasteiger charge is -2.26. The molecule has 1 aromatic carbocycles. The quantitative estimate of drug-likeness (QED) is 0.531. The smallest absolute Gasteiger partial charge is 0.255 e. The summed E-state index contributed by atoms with van der Waals surface area (Å²) in [5.74, 6) is 1.16. The molecule has 0 saturated carbocycles. The first-order valence-electron chi connectivity index (χ1n) is 9.86. The van der Waals surface area contributed by atoms with Crippen molar-refractivity contribution in [1.82, 2.24) is 24.6 Å². The van der Waals surface area contributed by atoms with Gasteiger partial charge in [0.2, 0.25) is 11.7 Å². The maximum Gasteiger partial charge on any atom is 0.255 e. The maximum atomic E-state index is 12.8. The molecule has 5 rings (SSSR count). The van der Waals surface area contributed by atoms with Gasteiger partial charge in [0.1, 0.15) is 5.65 Å². The molecule has 4 aromatic rings. The highest BCUT2D eigenvalue weighted by atomic mass is 16.5. The summed E-state index contributed by atoms with van der Waals surface area (Å²) < 4.78 is 7.09. The Balaban J connectivity index is 1.48. The van der Waals surface area contributed by atoms with E-state index in [1.165, 1.54) is 6.42 Å². The maximum absolute atomic E-state index is 12.8. The molecule has 4 heterocycles. The lowest BCUT2D eigenvalue weighted by atomic mass is 10.1. The first-order chi connectivity index (χ1) is 14.2. The molecule has 1 saturated heterocycles. The van der Waals surface area contributed by atoms with Gasteiger partial charge in [-0.1, -0.05) is 17.3 Å². The average molecular weight is 387 g/mol. The highest BCUT2D eigenvalue weighted by Crippen LogP contribution is 2.24. The monoisotopic (exact) mass is 387 g/mol. The van der Waals surface area contributed by atoms with Gasteiger partial charge in [-0.2, -0.15) is 4.98 Å². The lowest BCUT2D eigenvalue weighted by molar-refractivity contribution is 0.0724. The molecular weight excluding hydrogens is 366 g/mol. The predicted octanol–water partition coefficient (Wildman–Crippen LogP) is 4.01. The van der Waals surface area contributed by atoms with Gasteiger partial charge in [0.25, 0.3) is 5.91 Å². The third kappa shape index (κ3) is 3.29. The number of pyridine rings is 1. The van der Waals surface area contributed by atoms with Crippen LogP contribution in [0.3, 0.4) is 0 Å². The van der Waals surface area contributed by atoms with Crippen molar-refractivity contribution < 1.29 is 9.32 Å². The minimum absolute atomic E-state index is 0.0707. The Morgan fingerprint density at radius 2 is 1.97 bits per heavy atom. The zero-order chi connectivity index (χ0) is 19.8. The van der Waals surface area contributed by atoms with Crippen molar-refractivity contribution in [3.63, 3.8) is 0 Å². The summed E-state index contributed by atoms with van der Waals surface area (Å²) in [4.78, 5) is 23.6. The van der Waals surface area contributed by atoms with E-state index in [2.05, 4.69) is 15.1 Å². The standard InChI is InChI=1S/C22H21N5O2/c1-15-24-20(25-29-15)16-6-5-7-19(13-16)27-11-8-17-12-18(14-23-21(17)27)22(28)26-9-3-2-4-10-26/h5-8,11-14H,2-4,9-10H2,1H3. The Morgan fingerprint density at radius 3 is 2.76 bits per heavy atom. The fourth-order valence-corrected chi connectivity index (χ4v) is 3.84. The number of amides is 1. The van der Waals surface area contributed by atoms with Crippen molar-refractivity contribution >= 4 is 16.9 Å². The van der Waals surface area contributed by atoms with Crippen molar-refractivity contribution in [2.24, 2.45) is 0 Å². The van der Waals surface area contributed by atoms with Crippen LogP contribution in [0, 0.1) is 6.92 Å². The second-order valence-electron chi connectivity index (χ2n) is 7.36. The average Bonchev–Trinajstić information content (AvgIpc) is 3.40. The van der Waals surface area contributed by atoms with E-state index >= 15 is 0 Å². The van der Waals surface area contributed by atoms with Gasteiger partial charge >= 0.3 is 0 Å². The van der Waals surface area contributed by atoms with Gasteiger partial charge < -0.3 is 14.0 Å². The Morgan fingerprint density at radius 1 is 1.10 bits per heavy atom. The van der Waals surface area contributed by atoms with Gasteiger partial charge in [-0.05, 0) is 43.5 Å². The van der Waals surface area contributed by atoms with Crippen molar-refractivity contribution in [2.75, 3.05) is 13.1 Å². The number of likely N-dealkylation sites (tertiary alicyclic amines) is 1. The number of hydrogen-bond acceptors (Lipinski definition) is 5. The van der Waals surface area contributed by atoms with E-state index in [9.17, 15) is 4.79 Å². The van der Waals surface area contributed by atoms with Crippen molar-refractivity contribution in [3.05, 3.63) is 60.2 Å². The van der Waals surface area contributed by atoms with Crippen molar-refractivity contribution in [2.45, 2.75) is 26.2 Å². The van der Waals surface area contributed by atoms with E-state index in [4.69, 9.17) is 4.52 Å². The van der Waals surface area contributed by atoms with Crippen molar-refractivity contribution in [1.29, 1.82) is 0 Å². The van der Waals surface area contributed by atoms with E-state index in [1.54, 1.807) is 13.1 Å². The third-order valence-corrected chi connectivity index (χ3v) is 5.33. The minimum atomic E-state index is 0.0707. The van der Waals surface area contributed by atoms with E-state index < -0.39 is 0 Å². The van der Waals surface area contributed by atoms with Crippen LogP contribution in [0.15, 0.2) is 53.3 Å². The number of carbonyl (C=O) groups is 1. The zero-order valence-corrected chi connectivity index (χ0v) is 16.2. The van der Waals surface area contributed by atoms with Gasteiger partial charge in [-0.3, -0.25) is 4.79 Å². The molecule has 0 radical (unpaired) electrons. The molecule has 29 heavy (non-hydrogen) atoms. The molecule has 7 heteroatoms. The molecule has 0 bridgehead atoms. The molecule has 7 nitrogen and oxygen atoms in total. The van der Waals surface area contributed by atoms with Crippen LogP contribution < -0.4 is 0 Å². The molecule has 0 spiro atoms. The molecule has 0 aliphatic carbocycles. The summed E-state index contributed by atoms with van der Waals surface area (Å²) >= 11 is 0. The number of piperidine rings is 1. The first-order valence-corrected chi connectivity index (χ1v) is 9.86. The second-order valence-corrected chi connectivity index (χ2v) is 7.36. The van der Waals surface area contributed by atoms with Crippen LogP contribution in [0.1, 0.15) is 35.5 Å². The topological polar surface area (TPSA) is 77.1 Å². The fourth-order valence-electron chi connectivity index (χ4n) is 3.84. The third-order valence-electron chi connectivity index (χ3n) is 5.33. The van der Waals surface area contributed by atoms with Crippen LogP contribution in [0.5, 0.6) is 0 Å². The van der Waals surface area contributed by atoms with Gasteiger partial charge in [-0.15, -0.1) is 0 Å². The highest BCUT2D eigenvalue weighted by molar-refractivity contribution is 5.97. The van der Waals surface area contributed by atoms with Crippen LogP contribution in [-0.4, -0.2) is 43.6 Å². The minimum Gasteiger partial charge on any atom is -0.339 e. The number of nitrogens with zero attached hydrogens (tertiary/aromatic N) is 5. The summed E-state index contributed by atoms with van der Waals surface area (Å²) in [6, 6.07) is 11.8. The summed E-state index contributed by atoms with van der Waals surface area (Å²) in [6.45, 7) is 3.44. The molecule has 1 aliphatic rings. The zero-order valence-electron chi connectivity index (χ0n) is 16.2. The van der Waals surface area contributed by atoms with Crippen LogP contribution in [0.4, 0.5) is 0 Å². The van der Waals surface area contributed by atoms with Gasteiger partial charge in [0.05, 0.1) is 5.56 Å². The number of benzene rings is 1. The Hall–Kier alpha value is -3.48. The molecular formula is C22H21N5O2. The van der Waals surface area contributed by atoms with E-state index in [1.807, 2.05) is 52.1 Å². The number of aryl methyl sites for hydroxylation is 1. The summed E-state index contributed by atoms with van der Waals surface area (Å²) in [6.07, 6.45) is 7.00. The number of aromatic nitrogens is 4. The van der Waals surface area contributed by atoms with E-state index in [0.717, 1.165) is 48.2 Å². The normalized spacial score (nSPS) is 14.4. The van der Waals surface area contributed by atoms with Gasteiger partial charge in [0.15, 0.2) is 0 Å². The summed E-state index contributed by atoms with van der Waals surface area (Å²) in [5.41, 5.74) is 3.27. The van der Waals surface area contributed by atoms with Crippen LogP contribution in [0.2, 0.25) is 0 Å². The molecule has 1 fully saturated rings. The van der Waals surface area contributed by atoms with Crippen LogP contribution in [0.25, 0.3) is 28.1 Å². The molecule has 0 N–H and O–H groups in total. The van der Waals surface area contributed by atoms with E-state index in [0.29, 0.717) is 17.3 Å². The number of hydrogen-bond donors (Lipinski definition) is 0. The summed E-state index contributed by atoms with van der Waals surface area (Å²) in [5, 5.41) is 4.93. The molecule has 146 valence electrons. The van der Waals surface area contributed by atoms with Crippen molar-refractivity contribution in [3.8, 4) is 17.1 Å². The highest BCUT2D eigenvalue weighted by Gasteiger charge is 2.19. The molecule has 0 atom stereocenters. The Labute approximate surface area is 168 Å². The molecule has 3 aromatic heterocycles. The van der Waals surface area contributed by atoms with Gasteiger partial charge in [-0.25, -0.2) is 4.98 Å². The predicted molar refractivity (Wildman–Crippen MR) is 109 cm³/mol. The van der Waals surface area contributed by atoms with Crippen LogP contribution in [-0.2, 0) is 0 Å². The SMILES string of the molecule is Cc1nc(-c2cccc(-n3ccc4cc(C(=O)N5CCCCC5)cnc43)c2)no1. The lowest BCUT2D eigenvalue weighted by Crippen LogP contribution is -2.35. The largest absolute Gasteiger partial charge is 0.339 e. The number of fused-ring (bicyclic) bond motifs is 1. The fraction of sp³-hybridized carbons (Fsp3) is 0.273. The molecule has 1 amide bonds. The summed E-state index contributed by atoms with van der Waals surface area (Å²) in [7, 11) is 0. The first kappa shape index (κ1) is 17.6. The Bertz CT molecular complexity index is 1190. The van der Waals surface area contributed by atoms with Crippen LogP contribution >= 0.6 is 0 Å². The second kappa shape index (κ2) is 7.16. The number of carbonyl (C=O) groups excluding carboxylic acids is 1. The Kier molecular flexibility index (Phi) is 4.35.